The van der Waals surface area contributed by atoms with Gasteiger partial charge in [0, 0.05) is 12.6 Å². The van der Waals surface area contributed by atoms with Gasteiger partial charge in [-0.15, -0.1) is 0 Å². The molecular weight excluding hydrogens is 308 g/mol. The number of nitrogens with zero attached hydrogens (tertiary/aromatic N) is 4. The van der Waals surface area contributed by atoms with E-state index in [0.717, 1.165) is 55.5 Å². The summed E-state index contributed by atoms with van der Waals surface area (Å²) >= 11 is 5.63. The Balaban J connectivity index is 1.70. The molecule has 1 aromatic rings. The van der Waals surface area contributed by atoms with E-state index in [2.05, 4.69) is 21.5 Å². The molecule has 0 radical (unpaired) electrons. The Labute approximate surface area is 144 Å². The van der Waals surface area contributed by atoms with Crippen LogP contribution >= 0.6 is 12.2 Å². The monoisotopic (exact) mass is 338 g/mol. The molecule has 0 aromatic carbocycles. The van der Waals surface area contributed by atoms with Gasteiger partial charge in [-0.25, -0.2) is 4.68 Å². The maximum Gasteiger partial charge on any atom is 0.199 e. The summed E-state index contributed by atoms with van der Waals surface area (Å²) in [6.45, 7) is 5.21. The summed E-state index contributed by atoms with van der Waals surface area (Å²) in [7, 11) is 0. The minimum absolute atomic E-state index is 0.0243. The van der Waals surface area contributed by atoms with Gasteiger partial charge >= 0.3 is 0 Å². The second-order valence-electron chi connectivity index (χ2n) is 7.18. The van der Waals surface area contributed by atoms with Crippen LogP contribution in [0.1, 0.15) is 70.2 Å². The smallest absolute Gasteiger partial charge is 0.199 e. The number of hydrogen-bond acceptors (Lipinski definition) is 4. The van der Waals surface area contributed by atoms with E-state index in [1.54, 1.807) is 0 Å². The Morgan fingerprint density at radius 1 is 1.22 bits per heavy atom. The average Bonchev–Trinajstić information content (AvgIpc) is 3.34. The van der Waals surface area contributed by atoms with Gasteiger partial charge in [0.25, 0.3) is 0 Å². The van der Waals surface area contributed by atoms with Crippen molar-refractivity contribution in [3.63, 3.8) is 0 Å². The van der Waals surface area contributed by atoms with E-state index in [9.17, 15) is 5.11 Å². The lowest BCUT2D eigenvalue weighted by molar-refractivity contribution is 0.155. The maximum atomic E-state index is 9.57. The van der Waals surface area contributed by atoms with Crippen molar-refractivity contribution in [2.45, 2.75) is 77.6 Å². The molecular formula is C17H30N4OS. The van der Waals surface area contributed by atoms with E-state index in [1.807, 2.05) is 4.68 Å². The van der Waals surface area contributed by atoms with Crippen LogP contribution in [0.25, 0.3) is 0 Å². The van der Waals surface area contributed by atoms with Gasteiger partial charge in [0.05, 0.1) is 6.67 Å². The molecule has 130 valence electrons. The molecule has 5 nitrogen and oxygen atoms in total. The molecule has 0 bridgehead atoms. The lowest BCUT2D eigenvalue weighted by Gasteiger charge is -2.29. The Bertz CT molecular complexity index is 557. The van der Waals surface area contributed by atoms with Gasteiger partial charge in [0.2, 0.25) is 0 Å². The van der Waals surface area contributed by atoms with E-state index in [0.29, 0.717) is 6.04 Å². The fourth-order valence-corrected chi connectivity index (χ4v) is 4.18. The molecule has 0 atom stereocenters. The summed E-state index contributed by atoms with van der Waals surface area (Å²) in [5, 5.41) is 14.2. The van der Waals surface area contributed by atoms with Crippen LogP contribution in [0.4, 0.5) is 0 Å². The minimum Gasteiger partial charge on any atom is -0.388 e. The Hall–Kier alpha value is -0.720. The quantitative estimate of drug-likeness (QED) is 0.737. The molecule has 0 saturated heterocycles. The molecule has 0 amide bonds. The molecule has 2 aliphatic rings. The second kappa shape index (κ2) is 7.90. The molecule has 23 heavy (non-hydrogen) atoms. The van der Waals surface area contributed by atoms with Gasteiger partial charge < -0.3 is 5.11 Å². The number of aromatic nitrogens is 3. The summed E-state index contributed by atoms with van der Waals surface area (Å²) < 4.78 is 4.78. The van der Waals surface area contributed by atoms with Crippen LogP contribution in [-0.4, -0.2) is 37.4 Å². The molecule has 3 rings (SSSR count). The van der Waals surface area contributed by atoms with Crippen molar-refractivity contribution in [1.82, 2.24) is 19.2 Å². The van der Waals surface area contributed by atoms with Crippen LogP contribution in [-0.2, 0) is 13.3 Å². The van der Waals surface area contributed by atoms with Crippen molar-refractivity contribution in [2.75, 3.05) is 13.1 Å². The first-order chi connectivity index (χ1) is 11.2. The molecule has 1 N–H and O–H groups in total. The first kappa shape index (κ1) is 17.1. The van der Waals surface area contributed by atoms with Crippen molar-refractivity contribution in [3.05, 3.63) is 10.6 Å². The summed E-state index contributed by atoms with van der Waals surface area (Å²) in [5.41, 5.74) is 0. The second-order valence-corrected chi connectivity index (χ2v) is 7.55. The summed E-state index contributed by atoms with van der Waals surface area (Å²) in [4.78, 5) is 2.50. The SMILES string of the molecule is CCCN(CC1CCCCC1)Cn1nc(CO)n(C2CC2)c1=S. The van der Waals surface area contributed by atoms with Crippen molar-refractivity contribution < 1.29 is 5.11 Å². The van der Waals surface area contributed by atoms with Crippen LogP contribution in [0.3, 0.4) is 0 Å². The lowest BCUT2D eigenvalue weighted by Crippen LogP contribution is -2.33. The first-order valence-corrected chi connectivity index (χ1v) is 9.65. The van der Waals surface area contributed by atoms with Gasteiger partial charge in [-0.2, -0.15) is 5.10 Å². The van der Waals surface area contributed by atoms with E-state index in [4.69, 9.17) is 12.2 Å². The van der Waals surface area contributed by atoms with E-state index >= 15 is 0 Å². The van der Waals surface area contributed by atoms with Crippen LogP contribution in [0.5, 0.6) is 0 Å². The van der Waals surface area contributed by atoms with Gasteiger partial charge in [0.15, 0.2) is 10.6 Å². The third-order valence-corrected chi connectivity index (χ3v) is 5.52. The van der Waals surface area contributed by atoms with Gasteiger partial charge in [-0.1, -0.05) is 26.2 Å². The minimum atomic E-state index is -0.0243. The van der Waals surface area contributed by atoms with Gasteiger partial charge in [-0.3, -0.25) is 9.47 Å². The number of aliphatic hydroxyl groups excluding tert-OH is 1. The van der Waals surface area contributed by atoms with Gasteiger partial charge in [0.1, 0.15) is 6.61 Å². The molecule has 0 unspecified atom stereocenters. The summed E-state index contributed by atoms with van der Waals surface area (Å²) in [6, 6.07) is 0.469. The molecule has 2 aliphatic carbocycles. The van der Waals surface area contributed by atoms with Crippen molar-refractivity contribution >= 4 is 12.2 Å². The zero-order valence-electron chi connectivity index (χ0n) is 14.3. The average molecular weight is 339 g/mol. The van der Waals surface area contributed by atoms with Crippen LogP contribution in [0, 0.1) is 10.7 Å². The largest absolute Gasteiger partial charge is 0.388 e. The predicted molar refractivity (Wildman–Crippen MR) is 93.7 cm³/mol. The topological polar surface area (TPSA) is 46.2 Å². The third kappa shape index (κ3) is 4.22. The first-order valence-electron chi connectivity index (χ1n) is 9.24. The highest BCUT2D eigenvalue weighted by molar-refractivity contribution is 7.71. The Morgan fingerprint density at radius 2 is 1.96 bits per heavy atom. The molecule has 2 saturated carbocycles. The molecule has 1 heterocycles. The molecule has 0 spiro atoms. The zero-order valence-corrected chi connectivity index (χ0v) is 15.1. The van der Waals surface area contributed by atoms with Gasteiger partial charge in [-0.05, 0) is 56.8 Å². The zero-order chi connectivity index (χ0) is 16.2. The standard InChI is InChI=1S/C17H30N4OS/c1-2-10-19(11-14-6-4-3-5-7-14)13-20-17(23)21(15-8-9-15)16(12-22)18-20/h14-15,22H,2-13H2,1H3. The normalized spacial score (nSPS) is 19.6. The highest BCUT2D eigenvalue weighted by atomic mass is 32.1. The number of rotatable bonds is 8. The molecule has 1 aromatic heterocycles. The lowest BCUT2D eigenvalue weighted by atomic mass is 9.89. The van der Waals surface area contributed by atoms with Crippen molar-refractivity contribution in [3.8, 4) is 0 Å². The van der Waals surface area contributed by atoms with Crippen LogP contribution in [0.15, 0.2) is 0 Å². The van der Waals surface area contributed by atoms with Crippen molar-refractivity contribution in [1.29, 1.82) is 0 Å². The highest BCUT2D eigenvalue weighted by Crippen LogP contribution is 2.36. The number of aliphatic hydroxyl groups is 1. The van der Waals surface area contributed by atoms with Crippen LogP contribution in [0.2, 0.25) is 0 Å². The summed E-state index contributed by atoms with van der Waals surface area (Å²) in [5.74, 6) is 1.55. The Kier molecular flexibility index (Phi) is 5.88. The highest BCUT2D eigenvalue weighted by Gasteiger charge is 2.28. The van der Waals surface area contributed by atoms with Crippen molar-refractivity contribution in [2.24, 2.45) is 5.92 Å². The molecule has 0 aliphatic heterocycles. The van der Waals surface area contributed by atoms with Crippen LogP contribution < -0.4 is 0 Å². The molecule has 6 heteroatoms. The van der Waals surface area contributed by atoms with E-state index in [1.165, 1.54) is 32.1 Å². The predicted octanol–water partition coefficient (Wildman–Crippen LogP) is 3.49. The van der Waals surface area contributed by atoms with E-state index in [-0.39, 0.29) is 6.61 Å². The fourth-order valence-electron chi connectivity index (χ4n) is 3.82. The maximum absolute atomic E-state index is 9.57. The third-order valence-electron chi connectivity index (χ3n) is 5.11. The summed E-state index contributed by atoms with van der Waals surface area (Å²) in [6.07, 6.45) is 10.4. The Morgan fingerprint density at radius 3 is 2.57 bits per heavy atom. The fraction of sp³-hybridized carbons (Fsp3) is 0.882. The number of hydrogen-bond donors (Lipinski definition) is 1. The van der Waals surface area contributed by atoms with E-state index < -0.39 is 0 Å². The molecule has 2 fully saturated rings.